The maximum Gasteiger partial charge on any atom is 0.399 e. The molecule has 1 aliphatic heterocycles. The quantitative estimate of drug-likeness (QED) is 0.137. The van der Waals surface area contributed by atoms with Gasteiger partial charge < -0.3 is 19.1 Å². The highest BCUT2D eigenvalue weighted by Gasteiger charge is 2.55. The van der Waals surface area contributed by atoms with Crippen LogP contribution >= 0.6 is 24.8 Å². The van der Waals surface area contributed by atoms with Crippen LogP contribution in [0.4, 0.5) is 22.0 Å². The molecule has 1 aliphatic carbocycles. The van der Waals surface area contributed by atoms with Crippen LogP contribution in [0.15, 0.2) is 95.9 Å². The first-order valence-electron chi connectivity index (χ1n) is 17.4. The van der Waals surface area contributed by atoms with E-state index in [2.05, 4.69) is 9.88 Å². The molecule has 14 heteroatoms. The Kier molecular flexibility index (Phi) is 14.6. The molecule has 6 rings (SSSR count). The number of likely N-dealkylation sites (tertiary alicyclic amines) is 1. The number of carbonyl (C=O) groups is 1. The molecule has 2 aromatic carbocycles. The molecule has 7 nitrogen and oxygen atoms in total. The van der Waals surface area contributed by atoms with Gasteiger partial charge in [-0.25, -0.2) is 13.8 Å². The van der Waals surface area contributed by atoms with Crippen LogP contribution in [0.3, 0.4) is 0 Å². The summed E-state index contributed by atoms with van der Waals surface area (Å²) in [6, 6.07) is 17.0. The van der Waals surface area contributed by atoms with E-state index in [1.807, 2.05) is 30.3 Å². The van der Waals surface area contributed by atoms with Crippen molar-refractivity contribution < 1.29 is 31.5 Å². The molecule has 290 valence electrons. The number of fused-ring (bicyclic) bond motifs is 1. The number of aryl methyl sites for hydroxylation is 2. The molecule has 0 bridgehead atoms. The summed E-state index contributed by atoms with van der Waals surface area (Å²) < 4.78 is 81.1. The van der Waals surface area contributed by atoms with Gasteiger partial charge in [-0.2, -0.15) is 13.2 Å². The average Bonchev–Trinajstić information content (AvgIpc) is 3.15. The molecule has 3 heterocycles. The third kappa shape index (κ3) is 9.39. The van der Waals surface area contributed by atoms with E-state index < -0.39 is 48.3 Å². The lowest BCUT2D eigenvalue weighted by Gasteiger charge is -2.44. The maximum absolute atomic E-state index is 15.2. The number of hydrogen-bond donors (Lipinski definition) is 0. The first-order valence-corrected chi connectivity index (χ1v) is 17.4. The van der Waals surface area contributed by atoms with E-state index >= 15 is 13.2 Å². The number of amides is 1. The zero-order chi connectivity index (χ0) is 36.9. The smallest absolute Gasteiger partial charge is 0.383 e. The highest BCUT2D eigenvalue weighted by molar-refractivity contribution is 5.85. The predicted octanol–water partition coefficient (Wildman–Crippen LogP) is 7.84. The van der Waals surface area contributed by atoms with Gasteiger partial charge in [0, 0.05) is 57.3 Å². The van der Waals surface area contributed by atoms with Crippen LogP contribution in [-0.4, -0.2) is 77.4 Å². The normalized spacial score (nSPS) is 17.8. The number of piperidine rings is 1. The molecule has 2 aliphatic rings. The second-order valence-corrected chi connectivity index (χ2v) is 13.5. The topological polar surface area (TPSA) is 67.7 Å². The molecular formula is C40H43Cl2F5N4O3. The van der Waals surface area contributed by atoms with Gasteiger partial charge in [0.25, 0.3) is 0 Å². The molecule has 0 spiro atoms. The summed E-state index contributed by atoms with van der Waals surface area (Å²) in [6.07, 6.45) is 1.71. The number of pyridine rings is 2. The lowest BCUT2D eigenvalue weighted by molar-refractivity contribution is -0.212. The number of halogens is 7. The number of hydrogen-bond acceptors (Lipinski definition) is 5. The molecule has 0 saturated carbocycles. The van der Waals surface area contributed by atoms with Gasteiger partial charge >= 0.3 is 6.18 Å². The van der Waals surface area contributed by atoms with Gasteiger partial charge in [-0.05, 0) is 67.0 Å². The first-order chi connectivity index (χ1) is 25.0. The minimum absolute atomic E-state index is 0. The lowest BCUT2D eigenvalue weighted by atomic mass is 9.77. The number of aromatic nitrogens is 2. The second kappa shape index (κ2) is 18.5. The summed E-state index contributed by atoms with van der Waals surface area (Å²) in [7, 11) is 1.61. The van der Waals surface area contributed by atoms with E-state index in [0.29, 0.717) is 50.3 Å². The Hall–Kier alpha value is -4.10. The molecule has 1 saturated heterocycles. The Morgan fingerprint density at radius 1 is 1.00 bits per heavy atom. The zero-order valence-electron chi connectivity index (χ0n) is 29.7. The largest absolute Gasteiger partial charge is 0.399 e. The minimum atomic E-state index is -4.67. The van der Waals surface area contributed by atoms with Gasteiger partial charge in [-0.1, -0.05) is 60.7 Å². The van der Waals surface area contributed by atoms with Crippen LogP contribution in [0.25, 0.3) is 16.6 Å². The summed E-state index contributed by atoms with van der Waals surface area (Å²) in [5, 5.41) is 0.231. The maximum atomic E-state index is 15.2. The van der Waals surface area contributed by atoms with Crippen LogP contribution in [0.1, 0.15) is 36.1 Å². The van der Waals surface area contributed by atoms with E-state index in [4.69, 9.17) is 4.74 Å². The first kappa shape index (κ1) is 42.6. The number of rotatable bonds is 12. The van der Waals surface area contributed by atoms with Crippen molar-refractivity contribution in [2.75, 3.05) is 39.9 Å². The number of benzene rings is 2. The SMILES string of the molecule is COCCN1CCC(N(CC2(C(F)(F)F)C=CC(c3ccccc3)=CC2)C(=O)Cn2c(CCc3cccc(F)c3F)cc(=O)c3cccnc32)CC1.Cl.Cl. The number of nitrogens with zero attached hydrogens (tertiary/aromatic N) is 4. The number of alkyl halides is 3. The fourth-order valence-electron chi connectivity index (χ4n) is 7.20. The molecule has 1 amide bonds. The molecule has 2 aromatic heterocycles. The molecule has 1 unspecified atom stereocenters. The van der Waals surface area contributed by atoms with E-state index in [9.17, 15) is 18.4 Å². The van der Waals surface area contributed by atoms with Crippen LogP contribution in [-0.2, 0) is 28.9 Å². The van der Waals surface area contributed by atoms with Crippen molar-refractivity contribution in [3.63, 3.8) is 0 Å². The van der Waals surface area contributed by atoms with E-state index in [1.54, 1.807) is 25.3 Å². The van der Waals surface area contributed by atoms with Gasteiger partial charge in [0.05, 0.1) is 12.0 Å². The third-order valence-electron chi connectivity index (χ3n) is 10.2. The lowest BCUT2D eigenvalue weighted by Crippen LogP contribution is -2.55. The van der Waals surface area contributed by atoms with Crippen molar-refractivity contribution in [2.24, 2.45) is 5.41 Å². The van der Waals surface area contributed by atoms with Gasteiger partial charge in [-0.3, -0.25) is 9.59 Å². The predicted molar refractivity (Wildman–Crippen MR) is 204 cm³/mol. The highest BCUT2D eigenvalue weighted by Crippen LogP contribution is 2.47. The standard InChI is InChI=1S/C40H41F5N4O3.2ClH/c1-52-24-23-47-21-16-31(17-22-47)49(27-39(40(43,44)45)18-14-29(15-19-39)28-7-3-2-4-8-28)36(51)26-48-32(13-12-30-9-5-11-34(41)37(30)42)25-35(50)33-10-6-20-46-38(33)48;;/h2-11,14-15,18,20,25,31H,12-13,16-17,19,21-24,26-27H2,1H3;2*1H. The summed E-state index contributed by atoms with van der Waals surface area (Å²) in [5.74, 6) is -2.56. The van der Waals surface area contributed by atoms with Gasteiger partial charge in [0.2, 0.25) is 5.91 Å². The van der Waals surface area contributed by atoms with Gasteiger partial charge in [-0.15, -0.1) is 24.8 Å². The summed E-state index contributed by atoms with van der Waals surface area (Å²) in [5.41, 5.74) is -0.620. The Bertz CT molecular complexity index is 2020. The average molecular weight is 794 g/mol. The van der Waals surface area contributed by atoms with Crippen LogP contribution in [0.5, 0.6) is 0 Å². The van der Waals surface area contributed by atoms with Crippen molar-refractivity contribution in [1.82, 2.24) is 19.4 Å². The van der Waals surface area contributed by atoms with Gasteiger partial charge in [0.15, 0.2) is 17.1 Å². The summed E-state index contributed by atoms with van der Waals surface area (Å²) in [6.45, 7) is 1.35. The third-order valence-corrected chi connectivity index (χ3v) is 10.2. The molecule has 0 N–H and O–H groups in total. The monoisotopic (exact) mass is 792 g/mol. The summed E-state index contributed by atoms with van der Waals surface area (Å²) >= 11 is 0. The van der Waals surface area contributed by atoms with Crippen molar-refractivity contribution >= 4 is 47.3 Å². The Morgan fingerprint density at radius 2 is 1.74 bits per heavy atom. The van der Waals surface area contributed by atoms with E-state index in [0.717, 1.165) is 11.6 Å². The molecule has 54 heavy (non-hydrogen) atoms. The zero-order valence-corrected chi connectivity index (χ0v) is 31.4. The van der Waals surface area contributed by atoms with E-state index in [-0.39, 0.29) is 66.1 Å². The Balaban J connectivity index is 0.00000325. The fourth-order valence-corrected chi connectivity index (χ4v) is 7.20. The van der Waals surface area contributed by atoms with Crippen molar-refractivity contribution in [2.45, 2.75) is 50.9 Å². The Labute approximate surface area is 323 Å². The van der Waals surface area contributed by atoms with Crippen molar-refractivity contribution in [3.8, 4) is 0 Å². The molecule has 4 aromatic rings. The number of ether oxygens (including phenoxy) is 1. The molecule has 1 atom stereocenters. The second-order valence-electron chi connectivity index (χ2n) is 13.5. The Morgan fingerprint density at radius 3 is 2.41 bits per heavy atom. The number of allylic oxidation sites excluding steroid dienone is 3. The van der Waals surface area contributed by atoms with Crippen molar-refractivity contribution in [1.29, 1.82) is 0 Å². The van der Waals surface area contributed by atoms with Crippen molar-refractivity contribution in [3.05, 3.63) is 130 Å². The highest BCUT2D eigenvalue weighted by atomic mass is 35.5. The van der Waals surface area contributed by atoms with Gasteiger partial charge in [0.1, 0.15) is 17.6 Å². The summed E-state index contributed by atoms with van der Waals surface area (Å²) in [4.78, 5) is 35.7. The van der Waals surface area contributed by atoms with Crippen LogP contribution < -0.4 is 5.43 Å². The minimum Gasteiger partial charge on any atom is -0.383 e. The number of methoxy groups -OCH3 is 1. The van der Waals surface area contributed by atoms with Crippen LogP contribution in [0.2, 0.25) is 0 Å². The fraction of sp³-hybridized carbons (Fsp3) is 0.375. The molecule has 1 fully saturated rings. The molecular weight excluding hydrogens is 750 g/mol. The molecule has 0 radical (unpaired) electrons. The van der Waals surface area contributed by atoms with E-state index in [1.165, 1.54) is 46.0 Å². The van der Waals surface area contributed by atoms with Crippen LogP contribution in [0, 0.1) is 17.0 Å². The number of carbonyl (C=O) groups excluding carboxylic acids is 1.